The summed E-state index contributed by atoms with van der Waals surface area (Å²) in [6.45, 7) is 7.00. The number of amides is 2. The summed E-state index contributed by atoms with van der Waals surface area (Å²) in [5, 5.41) is 6.02. The van der Waals surface area contributed by atoms with E-state index in [0.29, 0.717) is 18.7 Å². The maximum atomic E-state index is 12.8. The third-order valence-corrected chi connectivity index (χ3v) is 6.41. The molecule has 35 heavy (non-hydrogen) atoms. The van der Waals surface area contributed by atoms with Crippen LogP contribution in [0.4, 0.5) is 11.4 Å². The molecule has 6 nitrogen and oxygen atoms in total. The Morgan fingerprint density at radius 2 is 1.43 bits per heavy atom. The average molecular weight is 487 g/mol. The summed E-state index contributed by atoms with van der Waals surface area (Å²) in [4.78, 5) is 29.4. The lowest BCUT2D eigenvalue weighted by atomic mass is 10.1. The lowest BCUT2D eigenvalue weighted by molar-refractivity contribution is 0.0746. The van der Waals surface area contributed by atoms with Gasteiger partial charge in [0.1, 0.15) is 0 Å². The first-order chi connectivity index (χ1) is 16.9. The van der Waals surface area contributed by atoms with Gasteiger partial charge in [0.05, 0.1) is 0 Å². The van der Waals surface area contributed by atoms with E-state index in [1.54, 1.807) is 12.1 Å². The van der Waals surface area contributed by atoms with Gasteiger partial charge in [-0.1, -0.05) is 36.8 Å². The molecule has 7 heteroatoms. The van der Waals surface area contributed by atoms with Crippen LogP contribution in [0.15, 0.2) is 72.8 Å². The zero-order valence-corrected chi connectivity index (χ0v) is 20.9. The Labute approximate surface area is 211 Å². The van der Waals surface area contributed by atoms with E-state index in [2.05, 4.69) is 22.5 Å². The van der Waals surface area contributed by atoms with Crippen LogP contribution < -0.4 is 15.5 Å². The number of aryl methyl sites for hydroxylation is 2. The number of thiocarbonyl (C=S) groups is 1. The van der Waals surface area contributed by atoms with E-state index in [9.17, 15) is 9.59 Å². The van der Waals surface area contributed by atoms with Crippen molar-refractivity contribution in [3.63, 3.8) is 0 Å². The third kappa shape index (κ3) is 6.25. The van der Waals surface area contributed by atoms with Gasteiger partial charge in [0.25, 0.3) is 11.8 Å². The Morgan fingerprint density at radius 3 is 2.03 bits per heavy atom. The zero-order chi connectivity index (χ0) is 24.8. The summed E-state index contributed by atoms with van der Waals surface area (Å²) in [6.07, 6.45) is 0.968. The molecule has 4 rings (SSSR count). The fourth-order valence-corrected chi connectivity index (χ4v) is 4.24. The second-order valence-electron chi connectivity index (χ2n) is 8.65. The van der Waals surface area contributed by atoms with Gasteiger partial charge in [0.2, 0.25) is 0 Å². The molecule has 180 valence electrons. The van der Waals surface area contributed by atoms with Gasteiger partial charge in [-0.05, 0) is 79.7 Å². The number of nitrogens with zero attached hydrogens (tertiary/aromatic N) is 2. The number of anilines is 2. The largest absolute Gasteiger partial charge is 0.368 e. The van der Waals surface area contributed by atoms with Crippen molar-refractivity contribution >= 4 is 40.5 Å². The van der Waals surface area contributed by atoms with Crippen LogP contribution in [-0.2, 0) is 6.42 Å². The van der Waals surface area contributed by atoms with Gasteiger partial charge in [-0.3, -0.25) is 14.9 Å². The monoisotopic (exact) mass is 486 g/mol. The van der Waals surface area contributed by atoms with Crippen LogP contribution in [0.3, 0.4) is 0 Å². The molecule has 1 fully saturated rings. The summed E-state index contributed by atoms with van der Waals surface area (Å²) < 4.78 is 0. The smallest absolute Gasteiger partial charge is 0.257 e. The fraction of sp³-hybridized carbons (Fsp3) is 0.250. The molecule has 2 amide bonds. The number of carbonyl (C=O) groups is 2. The lowest BCUT2D eigenvalue weighted by Crippen LogP contribution is -2.48. The van der Waals surface area contributed by atoms with E-state index in [4.69, 9.17) is 12.2 Å². The van der Waals surface area contributed by atoms with Crippen molar-refractivity contribution in [3.8, 4) is 0 Å². The van der Waals surface area contributed by atoms with Gasteiger partial charge < -0.3 is 15.1 Å². The number of nitrogens with one attached hydrogen (secondary N) is 2. The number of carbonyl (C=O) groups excluding carboxylic acids is 2. The minimum Gasteiger partial charge on any atom is -0.368 e. The van der Waals surface area contributed by atoms with Crippen LogP contribution in [0.2, 0.25) is 0 Å². The molecule has 1 aliphatic rings. The van der Waals surface area contributed by atoms with E-state index < -0.39 is 0 Å². The van der Waals surface area contributed by atoms with Crippen molar-refractivity contribution in [1.29, 1.82) is 0 Å². The predicted molar refractivity (Wildman–Crippen MR) is 145 cm³/mol. The van der Waals surface area contributed by atoms with E-state index in [0.717, 1.165) is 42.0 Å². The summed E-state index contributed by atoms with van der Waals surface area (Å²) in [7, 11) is 0. The van der Waals surface area contributed by atoms with E-state index >= 15 is 0 Å². The fourth-order valence-electron chi connectivity index (χ4n) is 4.03. The van der Waals surface area contributed by atoms with Crippen molar-refractivity contribution < 1.29 is 9.59 Å². The molecule has 2 N–H and O–H groups in total. The molecule has 3 aromatic rings. The summed E-state index contributed by atoms with van der Waals surface area (Å²) in [5.41, 5.74) is 5.52. The average Bonchev–Trinajstić information content (AvgIpc) is 2.89. The Kier molecular flexibility index (Phi) is 7.77. The van der Waals surface area contributed by atoms with Crippen LogP contribution in [0.5, 0.6) is 0 Å². The van der Waals surface area contributed by atoms with E-state index in [1.165, 1.54) is 5.56 Å². The predicted octanol–water partition coefficient (Wildman–Crippen LogP) is 4.65. The molecule has 0 atom stereocenters. The molecule has 0 spiro atoms. The highest BCUT2D eigenvalue weighted by Crippen LogP contribution is 2.20. The first-order valence-electron chi connectivity index (χ1n) is 11.8. The van der Waals surface area contributed by atoms with Gasteiger partial charge in [-0.2, -0.15) is 0 Å². The second-order valence-corrected chi connectivity index (χ2v) is 9.06. The molecule has 0 unspecified atom stereocenters. The highest BCUT2D eigenvalue weighted by atomic mass is 32.1. The molecule has 1 heterocycles. The number of benzene rings is 3. The Morgan fingerprint density at radius 1 is 0.829 bits per heavy atom. The van der Waals surface area contributed by atoms with Crippen LogP contribution in [-0.4, -0.2) is 48.0 Å². The van der Waals surface area contributed by atoms with Gasteiger partial charge >= 0.3 is 0 Å². The minimum absolute atomic E-state index is 0.0908. The van der Waals surface area contributed by atoms with Gasteiger partial charge in [0.15, 0.2) is 5.11 Å². The molecule has 0 aromatic heterocycles. The zero-order valence-electron chi connectivity index (χ0n) is 20.1. The lowest BCUT2D eigenvalue weighted by Gasteiger charge is -2.36. The SMILES string of the molecule is CCc1ccc(C(=O)N2CCN(c3ccc(NC(=S)NC(=O)c4ccc(C)cc4)cc3)CC2)cc1. The molecule has 3 aromatic carbocycles. The maximum absolute atomic E-state index is 12.8. The molecule has 1 aliphatic heterocycles. The molecule has 0 radical (unpaired) electrons. The summed E-state index contributed by atoms with van der Waals surface area (Å²) in [6, 6.07) is 23.2. The summed E-state index contributed by atoms with van der Waals surface area (Å²) in [5.74, 6) is -0.152. The van der Waals surface area contributed by atoms with Crippen LogP contribution in [0.25, 0.3) is 0 Å². The van der Waals surface area contributed by atoms with Crippen molar-refractivity contribution in [3.05, 3.63) is 95.1 Å². The molecule has 0 aliphatic carbocycles. The highest BCUT2D eigenvalue weighted by Gasteiger charge is 2.22. The highest BCUT2D eigenvalue weighted by molar-refractivity contribution is 7.80. The molecule has 0 saturated carbocycles. The van der Waals surface area contributed by atoms with Crippen LogP contribution in [0, 0.1) is 6.92 Å². The standard InChI is InChI=1S/C28H30N4O2S/c1-3-21-6-10-23(11-7-21)27(34)32-18-16-31(17-19-32)25-14-12-24(13-15-25)29-28(35)30-26(33)22-8-4-20(2)5-9-22/h4-15H,3,16-19H2,1-2H3,(H2,29,30,33,35). The van der Waals surface area contributed by atoms with Crippen LogP contribution >= 0.6 is 12.2 Å². The van der Waals surface area contributed by atoms with Gasteiger partial charge in [-0.25, -0.2) is 0 Å². The normalized spacial score (nSPS) is 13.3. The maximum Gasteiger partial charge on any atom is 0.257 e. The molecular weight excluding hydrogens is 456 g/mol. The molecule has 0 bridgehead atoms. The first-order valence-corrected chi connectivity index (χ1v) is 12.3. The third-order valence-electron chi connectivity index (χ3n) is 6.21. The van der Waals surface area contributed by atoms with Crippen molar-refractivity contribution in [2.75, 3.05) is 36.4 Å². The molecular formula is C28H30N4O2S. The topological polar surface area (TPSA) is 64.7 Å². The first kappa shape index (κ1) is 24.4. The quantitative estimate of drug-likeness (QED) is 0.514. The van der Waals surface area contributed by atoms with Crippen molar-refractivity contribution in [1.82, 2.24) is 10.2 Å². The number of hydrogen-bond donors (Lipinski definition) is 2. The number of rotatable bonds is 5. The number of hydrogen-bond acceptors (Lipinski definition) is 4. The minimum atomic E-state index is -0.243. The van der Waals surface area contributed by atoms with Crippen LogP contribution in [0.1, 0.15) is 38.8 Å². The van der Waals surface area contributed by atoms with E-state index in [-0.39, 0.29) is 16.9 Å². The molecule has 1 saturated heterocycles. The van der Waals surface area contributed by atoms with Gasteiger partial charge in [-0.15, -0.1) is 0 Å². The van der Waals surface area contributed by atoms with Crippen molar-refractivity contribution in [2.45, 2.75) is 20.3 Å². The Bertz CT molecular complexity index is 1180. The number of piperazine rings is 1. The Hall–Kier alpha value is -3.71. The van der Waals surface area contributed by atoms with Crippen molar-refractivity contribution in [2.24, 2.45) is 0 Å². The Balaban J connectivity index is 1.27. The van der Waals surface area contributed by atoms with E-state index in [1.807, 2.05) is 72.5 Å². The van der Waals surface area contributed by atoms with Gasteiger partial charge in [0, 0.05) is 48.7 Å². The second kappa shape index (κ2) is 11.1. The summed E-state index contributed by atoms with van der Waals surface area (Å²) >= 11 is 5.30.